The quantitative estimate of drug-likeness (QED) is 0.743. The summed E-state index contributed by atoms with van der Waals surface area (Å²) in [5.74, 6) is 0.686. The third kappa shape index (κ3) is 2.81. The SMILES string of the molecule is O=c1c(Cc2ccccc2)c(N2CCOCC2)oc2ccccc12. The lowest BCUT2D eigenvalue weighted by molar-refractivity contribution is 0.120. The van der Waals surface area contributed by atoms with E-state index in [-0.39, 0.29) is 5.43 Å². The summed E-state index contributed by atoms with van der Waals surface area (Å²) in [7, 11) is 0. The van der Waals surface area contributed by atoms with Crippen molar-refractivity contribution in [3.63, 3.8) is 0 Å². The minimum atomic E-state index is 0.0576. The smallest absolute Gasteiger partial charge is 0.203 e. The van der Waals surface area contributed by atoms with Gasteiger partial charge in [-0.05, 0) is 17.7 Å². The third-order valence-corrected chi connectivity index (χ3v) is 4.39. The number of ether oxygens (including phenoxy) is 1. The first-order valence-corrected chi connectivity index (χ1v) is 8.24. The van der Waals surface area contributed by atoms with Crippen LogP contribution in [0, 0.1) is 0 Å². The second-order valence-electron chi connectivity index (χ2n) is 5.97. The molecule has 2 heterocycles. The first kappa shape index (κ1) is 15.0. The Bertz CT molecular complexity index is 896. The van der Waals surface area contributed by atoms with E-state index in [0.29, 0.717) is 36.5 Å². The minimum Gasteiger partial charge on any atom is -0.440 e. The normalized spacial score (nSPS) is 14.9. The average Bonchev–Trinajstić information content (AvgIpc) is 2.65. The molecular weight excluding hydrogens is 302 g/mol. The van der Waals surface area contributed by atoms with E-state index in [1.165, 1.54) is 0 Å². The Kier molecular flexibility index (Phi) is 4.05. The summed E-state index contributed by atoms with van der Waals surface area (Å²) < 4.78 is 11.6. The monoisotopic (exact) mass is 321 g/mol. The molecule has 0 amide bonds. The zero-order chi connectivity index (χ0) is 16.4. The molecule has 24 heavy (non-hydrogen) atoms. The molecule has 1 fully saturated rings. The molecule has 1 aromatic heterocycles. The van der Waals surface area contributed by atoms with E-state index in [1.807, 2.05) is 54.6 Å². The second kappa shape index (κ2) is 6.49. The number of anilines is 1. The molecule has 4 heteroatoms. The standard InChI is InChI=1S/C20H19NO3/c22-19-16-8-4-5-9-18(16)24-20(21-10-12-23-13-11-21)17(19)14-15-6-2-1-3-7-15/h1-9H,10-14H2. The van der Waals surface area contributed by atoms with Gasteiger partial charge in [-0.15, -0.1) is 0 Å². The molecule has 122 valence electrons. The number of hydrogen-bond donors (Lipinski definition) is 0. The van der Waals surface area contributed by atoms with E-state index in [2.05, 4.69) is 4.90 Å². The van der Waals surface area contributed by atoms with Crippen LogP contribution in [-0.4, -0.2) is 26.3 Å². The number of benzene rings is 2. The maximum Gasteiger partial charge on any atom is 0.203 e. The first-order valence-electron chi connectivity index (χ1n) is 8.24. The number of nitrogens with zero attached hydrogens (tertiary/aromatic N) is 1. The second-order valence-corrected chi connectivity index (χ2v) is 5.97. The Hall–Kier alpha value is -2.59. The fourth-order valence-corrected chi connectivity index (χ4v) is 3.15. The number of fused-ring (bicyclic) bond motifs is 1. The fourth-order valence-electron chi connectivity index (χ4n) is 3.15. The Labute approximate surface area is 140 Å². The summed E-state index contributed by atoms with van der Waals surface area (Å²) in [6.07, 6.45) is 0.570. The van der Waals surface area contributed by atoms with Gasteiger partial charge in [0.05, 0.1) is 24.2 Å². The maximum absolute atomic E-state index is 13.1. The summed E-state index contributed by atoms with van der Waals surface area (Å²) in [4.78, 5) is 15.2. The molecule has 0 unspecified atom stereocenters. The van der Waals surface area contributed by atoms with Crippen molar-refractivity contribution in [1.82, 2.24) is 0 Å². The molecule has 0 saturated carbocycles. The number of para-hydroxylation sites is 1. The van der Waals surface area contributed by atoms with E-state index in [1.54, 1.807) is 0 Å². The predicted octanol–water partition coefficient (Wildman–Crippen LogP) is 3.22. The fraction of sp³-hybridized carbons (Fsp3) is 0.250. The van der Waals surface area contributed by atoms with E-state index in [4.69, 9.17) is 9.15 Å². The highest BCUT2D eigenvalue weighted by atomic mass is 16.5. The zero-order valence-electron chi connectivity index (χ0n) is 13.4. The van der Waals surface area contributed by atoms with Crippen molar-refractivity contribution in [1.29, 1.82) is 0 Å². The topological polar surface area (TPSA) is 42.7 Å². The largest absolute Gasteiger partial charge is 0.440 e. The van der Waals surface area contributed by atoms with E-state index >= 15 is 0 Å². The van der Waals surface area contributed by atoms with Crippen molar-refractivity contribution in [2.75, 3.05) is 31.2 Å². The lowest BCUT2D eigenvalue weighted by Crippen LogP contribution is -2.37. The third-order valence-electron chi connectivity index (χ3n) is 4.39. The van der Waals surface area contributed by atoms with Gasteiger partial charge in [0.1, 0.15) is 5.58 Å². The zero-order valence-corrected chi connectivity index (χ0v) is 13.4. The minimum absolute atomic E-state index is 0.0576. The Morgan fingerprint density at radius 1 is 0.917 bits per heavy atom. The summed E-state index contributed by atoms with van der Waals surface area (Å²) in [6.45, 7) is 2.79. The van der Waals surface area contributed by atoms with Crippen molar-refractivity contribution in [3.8, 4) is 0 Å². The Morgan fingerprint density at radius 2 is 1.62 bits per heavy atom. The lowest BCUT2D eigenvalue weighted by atomic mass is 10.0. The van der Waals surface area contributed by atoms with Gasteiger partial charge in [-0.1, -0.05) is 42.5 Å². The van der Waals surface area contributed by atoms with Gasteiger partial charge in [0.25, 0.3) is 0 Å². The van der Waals surface area contributed by atoms with Crippen molar-refractivity contribution < 1.29 is 9.15 Å². The molecule has 3 aromatic rings. The number of rotatable bonds is 3. The van der Waals surface area contributed by atoms with Crippen LogP contribution >= 0.6 is 0 Å². The van der Waals surface area contributed by atoms with E-state index in [0.717, 1.165) is 24.2 Å². The molecule has 0 bridgehead atoms. The molecule has 0 N–H and O–H groups in total. The highest BCUT2D eigenvalue weighted by Crippen LogP contribution is 2.26. The Morgan fingerprint density at radius 3 is 2.42 bits per heavy atom. The van der Waals surface area contributed by atoms with Gasteiger partial charge in [-0.25, -0.2) is 0 Å². The molecule has 2 aromatic carbocycles. The molecule has 4 rings (SSSR count). The molecule has 0 radical (unpaired) electrons. The maximum atomic E-state index is 13.1. The summed E-state index contributed by atoms with van der Waals surface area (Å²) in [5.41, 5.74) is 2.53. The predicted molar refractivity (Wildman–Crippen MR) is 94.8 cm³/mol. The van der Waals surface area contributed by atoms with Crippen LogP contribution in [0.1, 0.15) is 11.1 Å². The van der Waals surface area contributed by atoms with Gasteiger partial charge >= 0.3 is 0 Å². The van der Waals surface area contributed by atoms with Crippen LogP contribution in [0.15, 0.2) is 63.8 Å². The molecule has 1 aliphatic rings. The van der Waals surface area contributed by atoms with Gasteiger partial charge in [-0.3, -0.25) is 4.79 Å². The van der Waals surface area contributed by atoms with Crippen molar-refractivity contribution in [3.05, 3.63) is 75.9 Å². The van der Waals surface area contributed by atoms with Crippen molar-refractivity contribution in [2.45, 2.75) is 6.42 Å². The van der Waals surface area contributed by atoms with Gasteiger partial charge in [0.2, 0.25) is 5.88 Å². The molecule has 1 saturated heterocycles. The van der Waals surface area contributed by atoms with Crippen LogP contribution in [0.2, 0.25) is 0 Å². The summed E-state index contributed by atoms with van der Waals surface area (Å²) in [6, 6.07) is 17.5. The van der Waals surface area contributed by atoms with Gasteiger partial charge < -0.3 is 14.1 Å². The highest BCUT2D eigenvalue weighted by Gasteiger charge is 2.21. The summed E-state index contributed by atoms with van der Waals surface area (Å²) in [5, 5.41) is 0.639. The molecule has 0 spiro atoms. The number of morpholine rings is 1. The van der Waals surface area contributed by atoms with Crippen LogP contribution < -0.4 is 10.3 Å². The Balaban J connectivity index is 1.87. The molecule has 1 aliphatic heterocycles. The molecule has 0 aliphatic carbocycles. The molecular formula is C20H19NO3. The van der Waals surface area contributed by atoms with Crippen molar-refractivity contribution in [2.24, 2.45) is 0 Å². The van der Waals surface area contributed by atoms with Crippen LogP contribution in [0.4, 0.5) is 5.88 Å². The van der Waals surface area contributed by atoms with Crippen LogP contribution in [-0.2, 0) is 11.2 Å². The van der Waals surface area contributed by atoms with Gasteiger partial charge in [0, 0.05) is 19.5 Å². The van der Waals surface area contributed by atoms with Crippen molar-refractivity contribution >= 4 is 16.9 Å². The van der Waals surface area contributed by atoms with Crippen LogP contribution in [0.5, 0.6) is 0 Å². The number of hydrogen-bond acceptors (Lipinski definition) is 4. The van der Waals surface area contributed by atoms with Gasteiger partial charge in [0.15, 0.2) is 5.43 Å². The lowest BCUT2D eigenvalue weighted by Gasteiger charge is -2.29. The highest BCUT2D eigenvalue weighted by molar-refractivity contribution is 5.79. The van der Waals surface area contributed by atoms with Crippen LogP contribution in [0.25, 0.3) is 11.0 Å². The average molecular weight is 321 g/mol. The molecule has 0 atom stereocenters. The molecule has 4 nitrogen and oxygen atoms in total. The van der Waals surface area contributed by atoms with E-state index < -0.39 is 0 Å². The van der Waals surface area contributed by atoms with Gasteiger partial charge in [-0.2, -0.15) is 0 Å². The van der Waals surface area contributed by atoms with E-state index in [9.17, 15) is 4.79 Å². The van der Waals surface area contributed by atoms with Crippen LogP contribution in [0.3, 0.4) is 0 Å². The first-order chi connectivity index (χ1) is 11.8. The summed E-state index contributed by atoms with van der Waals surface area (Å²) >= 11 is 0.